The summed E-state index contributed by atoms with van der Waals surface area (Å²) in [6, 6.07) is 6.45. The molecule has 0 aliphatic carbocycles. The maximum atomic E-state index is 12.3. The number of aromatic nitrogens is 3. The molecule has 3 aromatic rings. The molecule has 2 aromatic heterocycles. The molecule has 0 unspecified atom stereocenters. The second kappa shape index (κ2) is 8.31. The zero-order valence-electron chi connectivity index (χ0n) is 18.2. The lowest BCUT2D eigenvalue weighted by Crippen LogP contribution is -2.50. The summed E-state index contributed by atoms with van der Waals surface area (Å²) in [5, 5.41) is 1.20. The van der Waals surface area contributed by atoms with E-state index < -0.39 is 5.60 Å². The van der Waals surface area contributed by atoms with Gasteiger partial charge in [-0.2, -0.15) is 0 Å². The lowest BCUT2D eigenvalue weighted by atomic mass is 10.1. The molecule has 1 fully saturated rings. The maximum absolute atomic E-state index is 12.3. The second-order valence-corrected chi connectivity index (χ2v) is 9.07. The quantitative estimate of drug-likeness (QED) is 0.590. The largest absolute Gasteiger partial charge is 0.444 e. The average molecular weight is 457 g/mol. The molecule has 1 aliphatic rings. The second-order valence-electron chi connectivity index (χ2n) is 8.64. The summed E-state index contributed by atoms with van der Waals surface area (Å²) in [6.07, 6.45) is 2.70. The van der Waals surface area contributed by atoms with Crippen LogP contribution in [0.4, 0.5) is 16.3 Å². The topological polar surface area (TPSA) is 107 Å². The summed E-state index contributed by atoms with van der Waals surface area (Å²) in [5.74, 6) is 0.732. The van der Waals surface area contributed by atoms with E-state index in [-0.39, 0.29) is 11.7 Å². The van der Waals surface area contributed by atoms with E-state index in [4.69, 9.17) is 22.1 Å². The summed E-state index contributed by atoms with van der Waals surface area (Å²) < 4.78 is 6.87. The zero-order chi connectivity index (χ0) is 23.0. The van der Waals surface area contributed by atoms with Crippen LogP contribution < -0.4 is 16.2 Å². The Labute approximate surface area is 190 Å². The van der Waals surface area contributed by atoms with Gasteiger partial charge in [-0.1, -0.05) is 11.6 Å². The van der Waals surface area contributed by atoms with Crippen molar-refractivity contribution in [1.82, 2.24) is 19.4 Å². The van der Waals surface area contributed by atoms with E-state index >= 15 is 0 Å². The van der Waals surface area contributed by atoms with Crippen molar-refractivity contribution in [2.75, 3.05) is 36.8 Å². The molecule has 4 rings (SSSR count). The molecule has 3 heterocycles. The maximum Gasteiger partial charge on any atom is 0.410 e. The molecule has 1 aromatic carbocycles. The number of nitrogen functional groups attached to an aromatic ring is 1. The van der Waals surface area contributed by atoms with Crippen molar-refractivity contribution in [1.29, 1.82) is 0 Å². The smallest absolute Gasteiger partial charge is 0.410 e. The number of nitrogens with zero attached hydrogens (tertiary/aromatic N) is 5. The molecule has 168 valence electrons. The van der Waals surface area contributed by atoms with Crippen molar-refractivity contribution in [2.24, 2.45) is 0 Å². The number of anilines is 2. The Bertz CT molecular complexity index is 1230. The average Bonchev–Trinajstić information content (AvgIpc) is 2.73. The number of fused-ring (bicyclic) bond motifs is 1. The first kappa shape index (κ1) is 21.9. The molecule has 9 nitrogen and oxygen atoms in total. The molecule has 0 bridgehead atoms. The fourth-order valence-corrected chi connectivity index (χ4v) is 3.79. The van der Waals surface area contributed by atoms with Crippen LogP contribution >= 0.6 is 11.6 Å². The molecular formula is C22H25ClN6O3. The first-order chi connectivity index (χ1) is 15.1. The first-order valence-corrected chi connectivity index (χ1v) is 10.7. The van der Waals surface area contributed by atoms with Crippen molar-refractivity contribution in [3.8, 4) is 5.69 Å². The van der Waals surface area contributed by atoms with E-state index in [0.29, 0.717) is 48.1 Å². The molecule has 1 amide bonds. The molecule has 0 radical (unpaired) electrons. The molecule has 0 saturated carbocycles. The third-order valence-electron chi connectivity index (χ3n) is 5.13. The third-order valence-corrected chi connectivity index (χ3v) is 5.35. The highest BCUT2D eigenvalue weighted by atomic mass is 35.5. The van der Waals surface area contributed by atoms with Gasteiger partial charge in [0.1, 0.15) is 17.7 Å². The minimum absolute atomic E-state index is 0.243. The Morgan fingerprint density at radius 2 is 1.84 bits per heavy atom. The number of nitrogens with two attached hydrogens (primary N) is 1. The van der Waals surface area contributed by atoms with Gasteiger partial charge >= 0.3 is 6.09 Å². The van der Waals surface area contributed by atoms with Gasteiger partial charge in [-0.3, -0.25) is 9.36 Å². The van der Waals surface area contributed by atoms with E-state index in [1.807, 2.05) is 20.8 Å². The van der Waals surface area contributed by atoms with E-state index in [1.165, 1.54) is 29.2 Å². The standard InChI is InChI=1S/C22H25ClN6O3/c1-22(2,3)32-21(31)28-8-6-27(7-9-28)20-15-10-16(24)18(11-17(15)25-13-26-20)29-12-14(23)4-5-19(29)30/h4-5,10-13H,6-9,24H2,1-3H3. The van der Waals surface area contributed by atoms with Crippen LogP contribution in [0.5, 0.6) is 0 Å². The van der Waals surface area contributed by atoms with Crippen molar-refractivity contribution >= 4 is 40.1 Å². The molecule has 32 heavy (non-hydrogen) atoms. The van der Waals surface area contributed by atoms with Crippen molar-refractivity contribution in [3.05, 3.63) is 52.2 Å². The highest BCUT2D eigenvalue weighted by Crippen LogP contribution is 2.30. The normalized spacial score (nSPS) is 14.6. The monoisotopic (exact) mass is 456 g/mol. The third kappa shape index (κ3) is 4.47. The van der Waals surface area contributed by atoms with Gasteiger partial charge in [-0.15, -0.1) is 0 Å². The van der Waals surface area contributed by atoms with Gasteiger partial charge in [0, 0.05) is 43.8 Å². The Morgan fingerprint density at radius 1 is 1.12 bits per heavy atom. The summed E-state index contributed by atoms with van der Waals surface area (Å²) >= 11 is 6.06. The molecule has 1 aliphatic heterocycles. The van der Waals surface area contributed by atoms with Gasteiger partial charge in [-0.25, -0.2) is 14.8 Å². The van der Waals surface area contributed by atoms with E-state index in [2.05, 4.69) is 14.9 Å². The van der Waals surface area contributed by atoms with Crippen LogP contribution in [0.25, 0.3) is 16.6 Å². The Hall–Kier alpha value is -3.33. The van der Waals surface area contributed by atoms with Crippen molar-refractivity contribution in [2.45, 2.75) is 26.4 Å². The summed E-state index contributed by atoms with van der Waals surface area (Å²) in [4.78, 5) is 37.3. The fourth-order valence-electron chi connectivity index (χ4n) is 3.63. The van der Waals surface area contributed by atoms with E-state index in [1.54, 1.807) is 17.0 Å². The summed E-state index contributed by atoms with van der Waals surface area (Å²) in [7, 11) is 0. The Kier molecular flexibility index (Phi) is 5.68. The number of hydrogen-bond donors (Lipinski definition) is 1. The zero-order valence-corrected chi connectivity index (χ0v) is 19.0. The number of pyridine rings is 1. The highest BCUT2D eigenvalue weighted by molar-refractivity contribution is 6.30. The number of amides is 1. The lowest BCUT2D eigenvalue weighted by Gasteiger charge is -2.36. The van der Waals surface area contributed by atoms with Crippen LogP contribution in [0.2, 0.25) is 5.02 Å². The van der Waals surface area contributed by atoms with Gasteiger partial charge in [0.25, 0.3) is 5.56 Å². The predicted molar refractivity (Wildman–Crippen MR) is 125 cm³/mol. The van der Waals surface area contributed by atoms with Crippen LogP contribution in [0, 0.1) is 0 Å². The fraction of sp³-hybridized carbons (Fsp3) is 0.364. The van der Waals surface area contributed by atoms with Crippen LogP contribution in [-0.2, 0) is 4.74 Å². The Morgan fingerprint density at radius 3 is 2.53 bits per heavy atom. The first-order valence-electron chi connectivity index (χ1n) is 10.3. The van der Waals surface area contributed by atoms with Gasteiger partial charge in [0.2, 0.25) is 0 Å². The summed E-state index contributed by atoms with van der Waals surface area (Å²) in [5.41, 5.74) is 7.10. The van der Waals surface area contributed by atoms with Gasteiger partial charge < -0.3 is 20.3 Å². The van der Waals surface area contributed by atoms with Crippen molar-refractivity contribution < 1.29 is 9.53 Å². The molecule has 0 spiro atoms. The number of carbonyl (C=O) groups is 1. The van der Waals surface area contributed by atoms with Gasteiger partial charge in [0.05, 0.1) is 21.9 Å². The number of piperazine rings is 1. The number of halogens is 1. The molecule has 2 N–H and O–H groups in total. The Balaban J connectivity index is 1.61. The lowest BCUT2D eigenvalue weighted by molar-refractivity contribution is 0.0240. The SMILES string of the molecule is CC(C)(C)OC(=O)N1CCN(c2ncnc3cc(-n4cc(Cl)ccc4=O)c(N)cc23)CC1. The van der Waals surface area contributed by atoms with E-state index in [0.717, 1.165) is 11.2 Å². The van der Waals surface area contributed by atoms with Crippen LogP contribution in [0.1, 0.15) is 20.8 Å². The van der Waals surface area contributed by atoms with Gasteiger partial charge in [0.15, 0.2) is 0 Å². The number of ether oxygens (including phenoxy) is 1. The molecule has 1 saturated heterocycles. The summed E-state index contributed by atoms with van der Waals surface area (Å²) in [6.45, 7) is 7.79. The van der Waals surface area contributed by atoms with Crippen LogP contribution in [0.3, 0.4) is 0 Å². The minimum Gasteiger partial charge on any atom is -0.444 e. The molecule has 0 atom stereocenters. The number of carbonyl (C=O) groups excluding carboxylic acids is 1. The van der Waals surface area contributed by atoms with Gasteiger partial charge in [-0.05, 0) is 39.0 Å². The number of rotatable bonds is 2. The van der Waals surface area contributed by atoms with E-state index in [9.17, 15) is 9.59 Å². The van der Waals surface area contributed by atoms with Crippen molar-refractivity contribution in [3.63, 3.8) is 0 Å². The highest BCUT2D eigenvalue weighted by Gasteiger charge is 2.27. The molecular weight excluding hydrogens is 432 g/mol. The van der Waals surface area contributed by atoms with Crippen LogP contribution in [-0.4, -0.2) is 57.3 Å². The minimum atomic E-state index is -0.530. The predicted octanol–water partition coefficient (Wildman–Crippen LogP) is 3.07. The van der Waals surface area contributed by atoms with Crippen LogP contribution in [0.15, 0.2) is 41.6 Å². The molecule has 10 heteroatoms. The number of benzene rings is 1. The number of hydrogen-bond acceptors (Lipinski definition) is 7.